The zero-order valence-corrected chi connectivity index (χ0v) is 22.4. The number of hydrogen-bond acceptors (Lipinski definition) is 6. The number of nitriles is 1. The molecule has 2 amide bonds. The summed E-state index contributed by atoms with van der Waals surface area (Å²) in [6, 6.07) is 2.28. The van der Waals surface area contributed by atoms with E-state index in [1.165, 1.54) is 6.42 Å². The third kappa shape index (κ3) is 6.28. The summed E-state index contributed by atoms with van der Waals surface area (Å²) in [4.78, 5) is 32.2. The lowest BCUT2D eigenvalue weighted by Gasteiger charge is -2.38. The molecule has 3 aliphatic rings. The van der Waals surface area contributed by atoms with Crippen LogP contribution in [-0.4, -0.2) is 96.2 Å². The van der Waals surface area contributed by atoms with Crippen molar-refractivity contribution in [1.29, 1.82) is 5.26 Å². The average Bonchev–Trinajstić information content (AvgIpc) is 3.42. The Bertz CT molecular complexity index is 975. The van der Waals surface area contributed by atoms with Gasteiger partial charge in [0.1, 0.15) is 11.9 Å². The van der Waals surface area contributed by atoms with E-state index in [1.54, 1.807) is 0 Å². The van der Waals surface area contributed by atoms with Gasteiger partial charge in [-0.15, -0.1) is 0 Å². The summed E-state index contributed by atoms with van der Waals surface area (Å²) in [6.45, 7) is 15.3. The van der Waals surface area contributed by atoms with Crippen LogP contribution in [-0.2, 0) is 20.9 Å². The number of carbonyl (C=O) groups is 2. The molecule has 9 heteroatoms. The van der Waals surface area contributed by atoms with Crippen molar-refractivity contribution in [2.24, 2.45) is 11.8 Å². The molecule has 1 aromatic rings. The molecular weight excluding hydrogens is 456 g/mol. The van der Waals surface area contributed by atoms with Gasteiger partial charge in [-0.05, 0) is 50.5 Å². The van der Waals surface area contributed by atoms with E-state index in [-0.39, 0.29) is 24.5 Å². The molecule has 0 aliphatic carbocycles. The molecule has 3 fully saturated rings. The molecule has 3 atom stereocenters. The fraction of sp³-hybridized carbons (Fsp3) is 0.741. The highest BCUT2D eigenvalue weighted by atomic mass is 16.5. The Labute approximate surface area is 215 Å². The fourth-order valence-corrected chi connectivity index (χ4v) is 5.99. The van der Waals surface area contributed by atoms with E-state index in [0.717, 1.165) is 70.0 Å². The van der Waals surface area contributed by atoms with Crippen LogP contribution in [0.4, 0.5) is 5.82 Å². The van der Waals surface area contributed by atoms with Crippen LogP contribution in [0.25, 0.3) is 0 Å². The molecule has 0 saturated carbocycles. The van der Waals surface area contributed by atoms with Crippen molar-refractivity contribution in [2.45, 2.75) is 59.6 Å². The highest BCUT2D eigenvalue weighted by Gasteiger charge is 2.29. The van der Waals surface area contributed by atoms with Gasteiger partial charge >= 0.3 is 0 Å². The van der Waals surface area contributed by atoms with Crippen molar-refractivity contribution in [3.8, 4) is 6.07 Å². The summed E-state index contributed by atoms with van der Waals surface area (Å²) >= 11 is 0. The fourth-order valence-electron chi connectivity index (χ4n) is 5.99. The Morgan fingerprint density at radius 2 is 1.69 bits per heavy atom. The molecule has 36 heavy (non-hydrogen) atoms. The van der Waals surface area contributed by atoms with E-state index >= 15 is 0 Å². The minimum atomic E-state index is -0.113. The first-order valence-corrected chi connectivity index (χ1v) is 13.5. The number of carbonyl (C=O) groups excluding carboxylic acids is 2. The molecule has 1 aromatic heterocycles. The number of nitrogens with zero attached hydrogens (tertiary/aromatic N) is 5. The van der Waals surface area contributed by atoms with Gasteiger partial charge in [0, 0.05) is 51.6 Å². The number of aromatic nitrogens is 1. The van der Waals surface area contributed by atoms with Gasteiger partial charge in [0.15, 0.2) is 0 Å². The highest BCUT2D eigenvalue weighted by molar-refractivity contribution is 5.93. The van der Waals surface area contributed by atoms with Gasteiger partial charge in [-0.1, -0.05) is 13.8 Å². The van der Waals surface area contributed by atoms with Crippen LogP contribution in [0.3, 0.4) is 0 Å². The number of hydrogen-bond donors (Lipinski definition) is 1. The quantitative estimate of drug-likeness (QED) is 0.620. The molecular formula is C27H42N6O3. The maximum atomic E-state index is 13.0. The standard InChI is InChI=1S/C27H42N6O3/c1-19-12-20(2)15-32(14-19)26(35)18-31-9-7-30(8-10-31)17-25(34)29-27-24(13-28)21(3)22(4)33(27)16-23-6-5-11-36-23/h19-20,23H,5-12,14-18H2,1-4H3,(H,29,34). The maximum Gasteiger partial charge on any atom is 0.239 e. The van der Waals surface area contributed by atoms with Gasteiger partial charge < -0.3 is 19.5 Å². The van der Waals surface area contributed by atoms with Crippen LogP contribution in [0.1, 0.15) is 49.9 Å². The van der Waals surface area contributed by atoms with Crippen molar-refractivity contribution < 1.29 is 14.3 Å². The van der Waals surface area contributed by atoms with Gasteiger partial charge in [0.05, 0.1) is 31.3 Å². The predicted molar refractivity (Wildman–Crippen MR) is 139 cm³/mol. The van der Waals surface area contributed by atoms with E-state index < -0.39 is 0 Å². The predicted octanol–water partition coefficient (Wildman–Crippen LogP) is 2.22. The Kier molecular flexibility index (Phi) is 8.70. The third-order valence-electron chi connectivity index (χ3n) is 8.02. The third-order valence-corrected chi connectivity index (χ3v) is 8.02. The summed E-state index contributed by atoms with van der Waals surface area (Å²) in [5.41, 5.74) is 2.43. The lowest BCUT2D eigenvalue weighted by molar-refractivity contribution is -0.135. The van der Waals surface area contributed by atoms with Gasteiger partial charge in [-0.3, -0.25) is 19.4 Å². The van der Waals surface area contributed by atoms with Crippen molar-refractivity contribution in [3.05, 3.63) is 16.8 Å². The van der Waals surface area contributed by atoms with Crippen LogP contribution in [0.15, 0.2) is 0 Å². The second-order valence-electron chi connectivity index (χ2n) is 11.1. The molecule has 4 rings (SSSR count). The lowest BCUT2D eigenvalue weighted by Crippen LogP contribution is -2.52. The number of nitrogens with one attached hydrogen (secondary N) is 1. The molecule has 0 spiro atoms. The molecule has 0 bridgehead atoms. The Hall–Kier alpha value is -2.41. The molecule has 198 valence electrons. The summed E-state index contributed by atoms with van der Waals surface area (Å²) in [5.74, 6) is 1.82. The second kappa shape index (κ2) is 11.8. The van der Waals surface area contributed by atoms with Gasteiger partial charge in [-0.25, -0.2) is 0 Å². The first kappa shape index (κ1) is 26.6. The van der Waals surface area contributed by atoms with E-state index in [1.807, 2.05) is 23.3 Å². The topological polar surface area (TPSA) is 93.8 Å². The van der Waals surface area contributed by atoms with Crippen molar-refractivity contribution in [3.63, 3.8) is 0 Å². The zero-order chi connectivity index (χ0) is 25.8. The molecule has 3 unspecified atom stereocenters. The average molecular weight is 499 g/mol. The van der Waals surface area contributed by atoms with E-state index in [9.17, 15) is 14.9 Å². The normalized spacial score (nSPS) is 25.6. The maximum absolute atomic E-state index is 13.0. The van der Waals surface area contributed by atoms with Crippen LogP contribution in [0.2, 0.25) is 0 Å². The Morgan fingerprint density at radius 3 is 2.28 bits per heavy atom. The number of anilines is 1. The molecule has 3 saturated heterocycles. The minimum Gasteiger partial charge on any atom is -0.376 e. The molecule has 0 radical (unpaired) electrons. The molecule has 4 heterocycles. The number of rotatable bonds is 7. The summed E-state index contributed by atoms with van der Waals surface area (Å²) in [6.07, 6.45) is 3.35. The highest BCUT2D eigenvalue weighted by Crippen LogP contribution is 2.28. The van der Waals surface area contributed by atoms with Gasteiger partial charge in [-0.2, -0.15) is 5.26 Å². The first-order valence-electron chi connectivity index (χ1n) is 13.5. The Balaban J connectivity index is 1.29. The molecule has 0 aromatic carbocycles. The minimum absolute atomic E-state index is 0.113. The SMILES string of the molecule is Cc1c(C#N)c(NC(=O)CN2CCN(CC(=O)N3CC(C)CC(C)C3)CC2)n(CC2CCCO2)c1C. The van der Waals surface area contributed by atoms with Crippen molar-refractivity contribution in [2.75, 3.05) is 64.3 Å². The lowest BCUT2D eigenvalue weighted by atomic mass is 9.92. The van der Waals surface area contributed by atoms with E-state index in [4.69, 9.17) is 4.74 Å². The van der Waals surface area contributed by atoms with E-state index in [0.29, 0.717) is 36.3 Å². The number of piperidine rings is 1. The molecule has 1 N–H and O–H groups in total. The zero-order valence-electron chi connectivity index (χ0n) is 22.4. The van der Waals surface area contributed by atoms with E-state index in [2.05, 4.69) is 35.0 Å². The number of amides is 2. The Morgan fingerprint density at radius 1 is 1.06 bits per heavy atom. The largest absolute Gasteiger partial charge is 0.376 e. The van der Waals surface area contributed by atoms with Crippen LogP contribution in [0, 0.1) is 37.0 Å². The number of likely N-dealkylation sites (tertiary alicyclic amines) is 1. The number of ether oxygens (including phenoxy) is 1. The monoisotopic (exact) mass is 498 g/mol. The molecule has 3 aliphatic heterocycles. The van der Waals surface area contributed by atoms with Gasteiger partial charge in [0.25, 0.3) is 0 Å². The van der Waals surface area contributed by atoms with Crippen LogP contribution < -0.4 is 5.32 Å². The molecule has 9 nitrogen and oxygen atoms in total. The van der Waals surface area contributed by atoms with Crippen LogP contribution in [0.5, 0.6) is 0 Å². The smallest absolute Gasteiger partial charge is 0.239 e. The first-order chi connectivity index (χ1) is 17.2. The van der Waals surface area contributed by atoms with Crippen LogP contribution >= 0.6 is 0 Å². The van der Waals surface area contributed by atoms with Crippen molar-refractivity contribution >= 4 is 17.6 Å². The van der Waals surface area contributed by atoms with Gasteiger partial charge in [0.2, 0.25) is 11.8 Å². The summed E-state index contributed by atoms with van der Waals surface area (Å²) in [7, 11) is 0. The summed E-state index contributed by atoms with van der Waals surface area (Å²) < 4.78 is 7.84. The van der Waals surface area contributed by atoms with Crippen molar-refractivity contribution in [1.82, 2.24) is 19.3 Å². The number of piperazine rings is 1. The second-order valence-corrected chi connectivity index (χ2v) is 11.1. The summed E-state index contributed by atoms with van der Waals surface area (Å²) in [5, 5.41) is 12.8.